The van der Waals surface area contributed by atoms with Gasteiger partial charge >= 0.3 is 11.9 Å². The van der Waals surface area contributed by atoms with Crippen molar-refractivity contribution < 1.29 is 38.5 Å². The van der Waals surface area contributed by atoms with Crippen molar-refractivity contribution in [3.8, 4) is 0 Å². The fraction of sp³-hybridized carbons (Fsp3) is 0.630. The molecule has 3 fully saturated rings. The molecular formula is C27H32O8. The lowest BCUT2D eigenvalue weighted by Crippen LogP contribution is -2.66. The number of furan rings is 1. The SMILES string of the molecule is C[C@@]12CCC3=CC(=O)C(C=O)C[C@]3(C)[C@H]1[C@@H](O)C[C@@]1(C)[C@H]2CC[C@]1(OC(=O)c1ccco1)C(=O)O. The molecule has 8 heteroatoms. The summed E-state index contributed by atoms with van der Waals surface area (Å²) in [6.07, 6.45) is 5.21. The van der Waals surface area contributed by atoms with Gasteiger partial charge < -0.3 is 24.2 Å². The first-order valence-corrected chi connectivity index (χ1v) is 12.3. The molecule has 1 aromatic heterocycles. The van der Waals surface area contributed by atoms with Gasteiger partial charge in [-0.15, -0.1) is 0 Å². The summed E-state index contributed by atoms with van der Waals surface area (Å²) in [6.45, 7) is 5.96. The number of carboxylic acid groups (broad SMARTS) is 1. The molecule has 1 aromatic rings. The second-order valence-corrected chi connectivity index (χ2v) is 11.7. The molecule has 0 saturated heterocycles. The Morgan fingerprint density at radius 3 is 2.57 bits per heavy atom. The quantitative estimate of drug-likeness (QED) is 0.377. The standard InChI is InChI=1S/C27H32O8/c1-24-8-6-16-11-17(29)15(14-28)12-25(16,2)21(24)18(30)13-26(3)20(24)7-9-27(26,23(32)33)35-22(31)19-5-4-10-34-19/h4-5,10-11,14-15,18,20-21,30H,6-9,12-13H2,1-3H3,(H,32,33)/t15?,18-,20-,21-,24-,25-,26-,27-/m0/s1. The van der Waals surface area contributed by atoms with E-state index in [0.29, 0.717) is 32.0 Å². The average Bonchev–Trinajstić information content (AvgIpc) is 3.41. The molecule has 0 radical (unpaired) electrons. The molecule has 1 unspecified atom stereocenters. The molecule has 5 rings (SSSR count). The number of esters is 1. The maximum atomic E-state index is 12.9. The molecular weight excluding hydrogens is 452 g/mol. The van der Waals surface area contributed by atoms with Crippen LogP contribution in [0.25, 0.3) is 0 Å². The topological polar surface area (TPSA) is 131 Å². The molecule has 35 heavy (non-hydrogen) atoms. The Hall–Kier alpha value is -2.74. The lowest BCUT2D eigenvalue weighted by atomic mass is 9.39. The Labute approximate surface area is 203 Å². The molecule has 0 amide bonds. The molecule has 0 aromatic carbocycles. The van der Waals surface area contributed by atoms with Crippen molar-refractivity contribution >= 4 is 24.0 Å². The third-order valence-electron chi connectivity index (χ3n) is 10.2. The number of ether oxygens (including phenoxy) is 1. The van der Waals surface area contributed by atoms with Crippen LogP contribution in [-0.4, -0.2) is 45.9 Å². The highest BCUT2D eigenvalue weighted by atomic mass is 16.6. The molecule has 8 nitrogen and oxygen atoms in total. The van der Waals surface area contributed by atoms with Crippen molar-refractivity contribution in [2.24, 2.45) is 34.0 Å². The minimum atomic E-state index is -1.80. The van der Waals surface area contributed by atoms with E-state index in [1.807, 2.05) is 13.8 Å². The number of carbonyl (C=O) groups excluding carboxylic acids is 3. The summed E-state index contributed by atoms with van der Waals surface area (Å²) < 4.78 is 10.9. The zero-order chi connectivity index (χ0) is 25.4. The van der Waals surface area contributed by atoms with E-state index >= 15 is 0 Å². The maximum absolute atomic E-state index is 12.9. The highest BCUT2D eigenvalue weighted by Gasteiger charge is 2.74. The van der Waals surface area contributed by atoms with E-state index in [1.54, 1.807) is 6.08 Å². The van der Waals surface area contributed by atoms with Gasteiger partial charge in [0.15, 0.2) is 5.78 Å². The third-order valence-corrected chi connectivity index (χ3v) is 10.2. The number of hydrogen-bond donors (Lipinski definition) is 2. The number of aliphatic hydroxyl groups excluding tert-OH is 1. The highest BCUT2D eigenvalue weighted by molar-refractivity contribution is 6.02. The first kappa shape index (κ1) is 24.0. The summed E-state index contributed by atoms with van der Waals surface area (Å²) in [6, 6.07) is 2.97. The molecule has 8 atom stereocenters. The van der Waals surface area contributed by atoms with Gasteiger partial charge in [-0.2, -0.15) is 0 Å². The van der Waals surface area contributed by atoms with E-state index in [9.17, 15) is 29.4 Å². The predicted molar refractivity (Wildman–Crippen MR) is 122 cm³/mol. The van der Waals surface area contributed by atoms with Crippen LogP contribution >= 0.6 is 0 Å². The van der Waals surface area contributed by atoms with Crippen molar-refractivity contribution in [1.29, 1.82) is 0 Å². The van der Waals surface area contributed by atoms with Crippen molar-refractivity contribution in [3.63, 3.8) is 0 Å². The van der Waals surface area contributed by atoms with Crippen LogP contribution in [0.2, 0.25) is 0 Å². The number of carboxylic acids is 1. The number of ketones is 1. The number of allylic oxidation sites excluding steroid dienone is 1. The van der Waals surface area contributed by atoms with Crippen LogP contribution < -0.4 is 0 Å². The summed E-state index contributed by atoms with van der Waals surface area (Å²) in [7, 11) is 0. The molecule has 3 saturated carbocycles. The minimum absolute atomic E-state index is 0.0649. The third kappa shape index (κ3) is 3.01. The van der Waals surface area contributed by atoms with Crippen molar-refractivity contribution in [1.82, 2.24) is 0 Å². The van der Waals surface area contributed by atoms with Crippen LogP contribution in [0.4, 0.5) is 0 Å². The van der Waals surface area contributed by atoms with E-state index in [0.717, 1.165) is 5.57 Å². The second kappa shape index (κ2) is 7.63. The number of fused-ring (bicyclic) bond motifs is 5. The van der Waals surface area contributed by atoms with Crippen LogP contribution in [0, 0.1) is 34.0 Å². The Balaban J connectivity index is 1.57. The van der Waals surface area contributed by atoms with E-state index < -0.39 is 45.8 Å². The molecule has 4 aliphatic carbocycles. The monoisotopic (exact) mass is 484 g/mol. The van der Waals surface area contributed by atoms with Gasteiger partial charge in [0.1, 0.15) is 6.29 Å². The number of rotatable bonds is 4. The predicted octanol–water partition coefficient (Wildman–Crippen LogP) is 3.58. The van der Waals surface area contributed by atoms with Crippen molar-refractivity contribution in [2.45, 2.75) is 71.0 Å². The van der Waals surface area contributed by atoms with Gasteiger partial charge in [-0.05, 0) is 79.4 Å². The van der Waals surface area contributed by atoms with Gasteiger partial charge in [-0.25, -0.2) is 9.59 Å². The van der Waals surface area contributed by atoms with E-state index in [1.165, 1.54) is 18.4 Å². The zero-order valence-corrected chi connectivity index (χ0v) is 20.3. The summed E-state index contributed by atoms with van der Waals surface area (Å²) in [5.41, 5.74) is -2.87. The van der Waals surface area contributed by atoms with Gasteiger partial charge in [-0.3, -0.25) is 4.79 Å². The molecule has 2 N–H and O–H groups in total. The fourth-order valence-corrected chi connectivity index (χ4v) is 8.79. The van der Waals surface area contributed by atoms with E-state index in [-0.39, 0.29) is 36.2 Å². The van der Waals surface area contributed by atoms with Gasteiger partial charge in [0.2, 0.25) is 11.4 Å². The smallest absolute Gasteiger partial charge is 0.375 e. The van der Waals surface area contributed by atoms with Crippen LogP contribution in [0.3, 0.4) is 0 Å². The summed E-state index contributed by atoms with van der Waals surface area (Å²) >= 11 is 0. The fourth-order valence-electron chi connectivity index (χ4n) is 8.79. The summed E-state index contributed by atoms with van der Waals surface area (Å²) in [5, 5.41) is 22.1. The number of aliphatic hydroxyl groups is 1. The maximum Gasteiger partial charge on any atom is 0.375 e. The van der Waals surface area contributed by atoms with Crippen molar-refractivity contribution in [3.05, 3.63) is 35.8 Å². The zero-order valence-electron chi connectivity index (χ0n) is 20.3. The first-order valence-electron chi connectivity index (χ1n) is 12.3. The molecule has 0 spiro atoms. The molecule has 1 heterocycles. The first-order chi connectivity index (χ1) is 16.4. The Morgan fingerprint density at radius 1 is 1.20 bits per heavy atom. The van der Waals surface area contributed by atoms with Gasteiger partial charge in [0.25, 0.3) is 0 Å². The Morgan fingerprint density at radius 2 is 1.94 bits per heavy atom. The molecule has 0 aliphatic heterocycles. The van der Waals surface area contributed by atoms with Crippen LogP contribution in [-0.2, 0) is 19.1 Å². The summed E-state index contributed by atoms with van der Waals surface area (Å²) in [5.74, 6) is -3.43. The molecule has 4 aliphatic rings. The van der Waals surface area contributed by atoms with E-state index in [2.05, 4.69) is 6.92 Å². The number of aldehydes is 1. The normalized spacial score (nSPS) is 44.5. The van der Waals surface area contributed by atoms with Gasteiger partial charge in [0.05, 0.1) is 18.3 Å². The van der Waals surface area contributed by atoms with Gasteiger partial charge in [0, 0.05) is 5.41 Å². The summed E-state index contributed by atoms with van der Waals surface area (Å²) in [4.78, 5) is 49.8. The van der Waals surface area contributed by atoms with Crippen LogP contribution in [0.15, 0.2) is 34.5 Å². The number of carbonyl (C=O) groups is 4. The van der Waals surface area contributed by atoms with Crippen molar-refractivity contribution in [2.75, 3.05) is 0 Å². The average molecular weight is 485 g/mol. The lowest BCUT2D eigenvalue weighted by molar-refractivity contribution is -0.216. The van der Waals surface area contributed by atoms with Crippen LogP contribution in [0.1, 0.15) is 69.9 Å². The van der Waals surface area contributed by atoms with Crippen LogP contribution in [0.5, 0.6) is 0 Å². The number of aliphatic carboxylic acids is 1. The molecule has 188 valence electrons. The molecule has 0 bridgehead atoms. The Kier molecular flexibility index (Phi) is 5.23. The second-order valence-electron chi connectivity index (χ2n) is 11.7. The van der Waals surface area contributed by atoms with Gasteiger partial charge in [-0.1, -0.05) is 26.3 Å². The largest absolute Gasteiger partial charge is 0.478 e. The number of hydrogen-bond acceptors (Lipinski definition) is 7. The highest BCUT2D eigenvalue weighted by Crippen LogP contribution is 2.73. The Bertz CT molecular complexity index is 1120. The van der Waals surface area contributed by atoms with E-state index in [4.69, 9.17) is 9.15 Å². The lowest BCUT2D eigenvalue weighted by Gasteiger charge is -2.65. The minimum Gasteiger partial charge on any atom is -0.478 e.